The molecule has 0 saturated carbocycles. The standard InChI is InChI=1S/C14H16F3N3O3S/c15-14(16,17)10-6-18-13(24-10)19-3-1-9(2-4-19)20-7-8(12(22)23)5-11(20)21/h6,8-9H,1-5,7H2,(H,22,23). The summed E-state index contributed by atoms with van der Waals surface area (Å²) in [6, 6.07) is -0.0554. The number of hydrogen-bond donors (Lipinski definition) is 1. The Morgan fingerprint density at radius 1 is 1.33 bits per heavy atom. The van der Waals surface area contributed by atoms with Crippen molar-refractivity contribution < 1.29 is 27.9 Å². The van der Waals surface area contributed by atoms with E-state index in [4.69, 9.17) is 5.11 Å². The number of carboxylic acid groups (broad SMARTS) is 1. The maximum Gasteiger partial charge on any atom is 0.427 e. The second kappa shape index (κ2) is 6.23. The number of amides is 1. The van der Waals surface area contributed by atoms with E-state index in [-0.39, 0.29) is 24.9 Å². The fraction of sp³-hybridized carbons (Fsp3) is 0.643. The van der Waals surface area contributed by atoms with Gasteiger partial charge in [-0.05, 0) is 12.8 Å². The lowest BCUT2D eigenvalue weighted by atomic mass is 10.0. The highest BCUT2D eigenvalue weighted by molar-refractivity contribution is 7.15. The minimum atomic E-state index is -4.39. The Labute approximate surface area is 139 Å². The first-order valence-corrected chi connectivity index (χ1v) is 8.37. The van der Waals surface area contributed by atoms with Crippen LogP contribution >= 0.6 is 11.3 Å². The van der Waals surface area contributed by atoms with Gasteiger partial charge in [-0.3, -0.25) is 9.59 Å². The molecule has 1 N–H and O–H groups in total. The zero-order valence-electron chi connectivity index (χ0n) is 12.6. The number of halogens is 3. The highest BCUT2D eigenvalue weighted by atomic mass is 32.1. The fourth-order valence-electron chi connectivity index (χ4n) is 3.16. The first-order chi connectivity index (χ1) is 11.3. The van der Waals surface area contributed by atoms with Crippen LogP contribution in [0.5, 0.6) is 0 Å². The van der Waals surface area contributed by atoms with Crippen molar-refractivity contribution >= 4 is 28.3 Å². The van der Waals surface area contributed by atoms with Gasteiger partial charge in [0.1, 0.15) is 4.88 Å². The molecule has 132 valence electrons. The molecule has 1 amide bonds. The number of rotatable bonds is 3. The Bertz CT molecular complexity index is 641. The molecule has 0 aliphatic carbocycles. The van der Waals surface area contributed by atoms with Gasteiger partial charge < -0.3 is 14.9 Å². The molecular formula is C14H16F3N3O3S. The number of carbonyl (C=O) groups excluding carboxylic acids is 1. The summed E-state index contributed by atoms with van der Waals surface area (Å²) in [6.45, 7) is 1.21. The quantitative estimate of drug-likeness (QED) is 0.890. The predicted molar refractivity (Wildman–Crippen MR) is 79.8 cm³/mol. The molecular weight excluding hydrogens is 347 g/mol. The summed E-state index contributed by atoms with van der Waals surface area (Å²) in [5.41, 5.74) is 0. The summed E-state index contributed by atoms with van der Waals surface area (Å²) in [5, 5.41) is 9.35. The van der Waals surface area contributed by atoms with Crippen molar-refractivity contribution in [3.8, 4) is 0 Å². The number of alkyl halides is 3. The summed E-state index contributed by atoms with van der Waals surface area (Å²) in [7, 11) is 0. The van der Waals surface area contributed by atoms with Gasteiger partial charge in [0.05, 0.1) is 12.1 Å². The lowest BCUT2D eigenvalue weighted by molar-refractivity contribution is -0.141. The average Bonchev–Trinajstić information content (AvgIpc) is 3.14. The molecule has 0 aromatic carbocycles. The Kier molecular flexibility index (Phi) is 4.41. The van der Waals surface area contributed by atoms with Crippen LogP contribution in [0.25, 0.3) is 0 Å². The largest absolute Gasteiger partial charge is 0.481 e. The third-order valence-corrected chi connectivity index (χ3v) is 5.56. The van der Waals surface area contributed by atoms with Crippen molar-refractivity contribution in [2.75, 3.05) is 24.5 Å². The number of carboxylic acids is 1. The van der Waals surface area contributed by atoms with Crippen molar-refractivity contribution in [1.82, 2.24) is 9.88 Å². The Balaban J connectivity index is 1.59. The highest BCUT2D eigenvalue weighted by Crippen LogP contribution is 2.37. The summed E-state index contributed by atoms with van der Waals surface area (Å²) in [4.78, 5) is 29.5. The van der Waals surface area contributed by atoms with E-state index in [1.165, 1.54) is 0 Å². The van der Waals surface area contributed by atoms with Gasteiger partial charge in [-0.25, -0.2) is 4.98 Å². The lowest BCUT2D eigenvalue weighted by Crippen LogP contribution is -2.45. The van der Waals surface area contributed by atoms with Crippen LogP contribution in [0, 0.1) is 5.92 Å². The van der Waals surface area contributed by atoms with Crippen molar-refractivity contribution in [3.05, 3.63) is 11.1 Å². The van der Waals surface area contributed by atoms with Crippen LogP contribution in [-0.2, 0) is 15.8 Å². The molecule has 10 heteroatoms. The normalized spacial score (nSPS) is 23.1. The first kappa shape index (κ1) is 17.0. The third kappa shape index (κ3) is 3.33. The molecule has 2 fully saturated rings. The van der Waals surface area contributed by atoms with Crippen molar-refractivity contribution in [2.45, 2.75) is 31.5 Å². The second-order valence-corrected chi connectivity index (χ2v) is 7.02. The number of piperidine rings is 1. The van der Waals surface area contributed by atoms with Crippen molar-refractivity contribution in [2.24, 2.45) is 5.92 Å². The SMILES string of the molecule is O=C(O)C1CC(=O)N(C2CCN(c3ncc(C(F)(F)F)s3)CC2)C1. The molecule has 24 heavy (non-hydrogen) atoms. The van der Waals surface area contributed by atoms with Crippen LogP contribution in [0.1, 0.15) is 24.1 Å². The lowest BCUT2D eigenvalue weighted by Gasteiger charge is -2.36. The second-order valence-electron chi connectivity index (χ2n) is 6.01. The van der Waals surface area contributed by atoms with E-state index in [9.17, 15) is 22.8 Å². The monoisotopic (exact) mass is 363 g/mol. The van der Waals surface area contributed by atoms with Gasteiger partial charge in [0.2, 0.25) is 5.91 Å². The summed E-state index contributed by atoms with van der Waals surface area (Å²) in [6.07, 6.45) is -2.33. The van der Waals surface area contributed by atoms with Crippen LogP contribution in [-0.4, -0.2) is 52.5 Å². The molecule has 2 aliphatic rings. The van der Waals surface area contributed by atoms with Crippen LogP contribution < -0.4 is 4.90 Å². The first-order valence-electron chi connectivity index (χ1n) is 7.56. The number of aliphatic carboxylic acids is 1. The molecule has 1 aromatic rings. The minimum absolute atomic E-state index is 0.0248. The van der Waals surface area contributed by atoms with Crippen LogP contribution in [0.2, 0.25) is 0 Å². The third-order valence-electron chi connectivity index (χ3n) is 4.46. The van der Waals surface area contributed by atoms with Gasteiger partial charge in [-0.2, -0.15) is 13.2 Å². The van der Waals surface area contributed by atoms with E-state index in [1.54, 1.807) is 9.80 Å². The van der Waals surface area contributed by atoms with E-state index in [1.807, 2.05) is 0 Å². The van der Waals surface area contributed by atoms with Crippen LogP contribution in [0.4, 0.5) is 18.3 Å². The van der Waals surface area contributed by atoms with Crippen molar-refractivity contribution in [3.63, 3.8) is 0 Å². The van der Waals surface area contributed by atoms with Crippen LogP contribution in [0.3, 0.4) is 0 Å². The van der Waals surface area contributed by atoms with Gasteiger partial charge >= 0.3 is 12.1 Å². The number of hydrogen-bond acceptors (Lipinski definition) is 5. The Morgan fingerprint density at radius 2 is 2.00 bits per heavy atom. The maximum absolute atomic E-state index is 12.6. The van der Waals surface area contributed by atoms with Crippen LogP contribution in [0.15, 0.2) is 6.20 Å². The number of aromatic nitrogens is 1. The minimum Gasteiger partial charge on any atom is -0.481 e. The summed E-state index contributed by atoms with van der Waals surface area (Å²) < 4.78 is 37.9. The van der Waals surface area contributed by atoms with Gasteiger partial charge in [0.25, 0.3) is 0 Å². The van der Waals surface area contributed by atoms with Gasteiger partial charge in [-0.1, -0.05) is 11.3 Å². The smallest absolute Gasteiger partial charge is 0.427 e. The van der Waals surface area contributed by atoms with Gasteiger partial charge in [0, 0.05) is 32.1 Å². The number of anilines is 1. The zero-order valence-corrected chi connectivity index (χ0v) is 13.4. The number of thiazole rings is 1. The molecule has 0 spiro atoms. The summed E-state index contributed by atoms with van der Waals surface area (Å²) >= 11 is 0.616. The zero-order chi connectivity index (χ0) is 17.5. The van der Waals surface area contributed by atoms with E-state index in [0.29, 0.717) is 42.4 Å². The fourth-order valence-corrected chi connectivity index (χ4v) is 4.00. The van der Waals surface area contributed by atoms with Crippen molar-refractivity contribution in [1.29, 1.82) is 0 Å². The maximum atomic E-state index is 12.6. The molecule has 0 radical (unpaired) electrons. The molecule has 2 saturated heterocycles. The highest BCUT2D eigenvalue weighted by Gasteiger charge is 2.39. The average molecular weight is 363 g/mol. The molecule has 0 bridgehead atoms. The number of nitrogens with zero attached hydrogens (tertiary/aromatic N) is 3. The Hall–Kier alpha value is -1.84. The van der Waals surface area contributed by atoms with E-state index in [2.05, 4.69) is 4.98 Å². The molecule has 1 unspecified atom stereocenters. The number of likely N-dealkylation sites (tertiary alicyclic amines) is 1. The van der Waals surface area contributed by atoms with E-state index in [0.717, 1.165) is 6.20 Å². The molecule has 1 atom stereocenters. The molecule has 1 aromatic heterocycles. The van der Waals surface area contributed by atoms with E-state index >= 15 is 0 Å². The van der Waals surface area contributed by atoms with Gasteiger partial charge in [0.15, 0.2) is 5.13 Å². The van der Waals surface area contributed by atoms with Gasteiger partial charge in [-0.15, -0.1) is 0 Å². The molecule has 2 aliphatic heterocycles. The summed E-state index contributed by atoms with van der Waals surface area (Å²) in [5.74, 6) is -1.79. The number of carbonyl (C=O) groups is 2. The predicted octanol–water partition coefficient (Wildman–Crippen LogP) is 2.06. The Morgan fingerprint density at radius 3 is 2.50 bits per heavy atom. The topological polar surface area (TPSA) is 73.7 Å². The molecule has 3 rings (SSSR count). The molecule has 6 nitrogen and oxygen atoms in total. The molecule has 3 heterocycles. The van der Waals surface area contributed by atoms with E-state index < -0.39 is 22.9 Å².